The van der Waals surface area contributed by atoms with E-state index in [2.05, 4.69) is 10.3 Å². The van der Waals surface area contributed by atoms with Gasteiger partial charge in [-0.25, -0.2) is 18.0 Å². The molecule has 34 heavy (non-hydrogen) atoms. The van der Waals surface area contributed by atoms with Gasteiger partial charge in [0.15, 0.2) is 24.1 Å². The van der Waals surface area contributed by atoms with Crippen LogP contribution in [-0.4, -0.2) is 35.9 Å². The number of amides is 2. The van der Waals surface area contributed by atoms with Crippen LogP contribution in [0.4, 0.5) is 18.9 Å². The van der Waals surface area contributed by atoms with Crippen LogP contribution in [0.1, 0.15) is 34.5 Å². The lowest BCUT2D eigenvalue weighted by molar-refractivity contribution is -0.126. The van der Waals surface area contributed by atoms with Gasteiger partial charge in [-0.3, -0.25) is 14.6 Å². The molecule has 176 valence electrons. The highest BCUT2D eigenvalue weighted by atomic mass is 19.2. The molecule has 10 heteroatoms. The van der Waals surface area contributed by atoms with Crippen molar-refractivity contribution in [1.82, 2.24) is 10.3 Å². The van der Waals surface area contributed by atoms with E-state index in [0.717, 1.165) is 36.6 Å². The summed E-state index contributed by atoms with van der Waals surface area (Å²) in [7, 11) is 0. The Morgan fingerprint density at radius 1 is 0.941 bits per heavy atom. The average Bonchev–Trinajstić information content (AvgIpc) is 2.84. The highest BCUT2D eigenvalue weighted by Crippen LogP contribution is 2.29. The van der Waals surface area contributed by atoms with E-state index in [1.54, 1.807) is 12.1 Å². The molecule has 2 aromatic carbocycles. The number of nitrogens with zero attached hydrogens (tertiary/aromatic N) is 1. The molecular formula is C24H20F3N3O4. The molecule has 1 aliphatic carbocycles. The van der Waals surface area contributed by atoms with Crippen LogP contribution in [0, 0.1) is 17.5 Å². The molecule has 0 aliphatic heterocycles. The van der Waals surface area contributed by atoms with Crippen LogP contribution in [-0.2, 0) is 27.2 Å². The smallest absolute Gasteiger partial charge is 0.339 e. The Morgan fingerprint density at radius 3 is 2.53 bits per heavy atom. The fourth-order valence-electron chi connectivity index (χ4n) is 3.86. The Hall–Kier alpha value is -3.95. The molecule has 0 radical (unpaired) electrons. The first-order valence-electron chi connectivity index (χ1n) is 10.6. The molecule has 2 N–H and O–H groups in total. The lowest BCUT2D eigenvalue weighted by Crippen LogP contribution is -2.35. The standard InChI is InChI=1S/C24H20F3N3O4/c25-15-9-10-18(23(27)22(15)26)30-19(31)11-28-20(32)12-34-24(33)21-13-5-1-3-7-16(13)29-17-8-4-2-6-14(17)21/h1,3,5,7,9-10H,2,4,6,8,11-12H2,(H,28,32)(H,30,31). The van der Waals surface area contributed by atoms with E-state index in [4.69, 9.17) is 4.74 Å². The van der Waals surface area contributed by atoms with E-state index in [1.165, 1.54) is 0 Å². The molecule has 0 saturated heterocycles. The number of rotatable bonds is 6. The quantitative estimate of drug-likeness (QED) is 0.424. The van der Waals surface area contributed by atoms with Crippen LogP contribution in [0.15, 0.2) is 36.4 Å². The number of para-hydroxylation sites is 1. The number of hydrogen-bond acceptors (Lipinski definition) is 5. The molecule has 0 bridgehead atoms. The second kappa shape index (κ2) is 9.90. The van der Waals surface area contributed by atoms with Gasteiger partial charge >= 0.3 is 5.97 Å². The van der Waals surface area contributed by atoms with Crippen molar-refractivity contribution >= 4 is 34.4 Å². The Labute approximate surface area is 192 Å². The maximum atomic E-state index is 13.6. The Kier molecular flexibility index (Phi) is 6.76. The maximum Gasteiger partial charge on any atom is 0.339 e. The summed E-state index contributed by atoms with van der Waals surface area (Å²) in [4.78, 5) is 41.5. The van der Waals surface area contributed by atoms with Gasteiger partial charge in [0.2, 0.25) is 5.91 Å². The van der Waals surface area contributed by atoms with E-state index >= 15 is 0 Å². The van der Waals surface area contributed by atoms with Gasteiger partial charge in [-0.2, -0.15) is 0 Å². The zero-order valence-corrected chi connectivity index (χ0v) is 17.9. The van der Waals surface area contributed by atoms with Gasteiger partial charge in [-0.15, -0.1) is 0 Å². The van der Waals surface area contributed by atoms with Crippen molar-refractivity contribution in [3.05, 3.63) is 70.7 Å². The van der Waals surface area contributed by atoms with Crippen LogP contribution >= 0.6 is 0 Å². The van der Waals surface area contributed by atoms with Crippen molar-refractivity contribution in [2.45, 2.75) is 25.7 Å². The number of aryl methyl sites for hydroxylation is 1. The van der Waals surface area contributed by atoms with Gasteiger partial charge in [-0.1, -0.05) is 18.2 Å². The molecular weight excluding hydrogens is 451 g/mol. The summed E-state index contributed by atoms with van der Waals surface area (Å²) in [6.07, 6.45) is 3.34. The second-order valence-corrected chi connectivity index (χ2v) is 7.76. The molecule has 7 nitrogen and oxygen atoms in total. The number of carbonyl (C=O) groups is 3. The van der Waals surface area contributed by atoms with Crippen molar-refractivity contribution in [2.24, 2.45) is 0 Å². The van der Waals surface area contributed by atoms with Gasteiger partial charge in [0, 0.05) is 11.1 Å². The first-order valence-corrected chi connectivity index (χ1v) is 10.6. The summed E-state index contributed by atoms with van der Waals surface area (Å²) >= 11 is 0. The molecule has 2 amide bonds. The first-order chi connectivity index (χ1) is 16.3. The summed E-state index contributed by atoms with van der Waals surface area (Å²) in [5, 5.41) is 4.89. The highest BCUT2D eigenvalue weighted by molar-refractivity contribution is 6.05. The van der Waals surface area contributed by atoms with E-state index < -0.39 is 54.1 Å². The number of anilines is 1. The summed E-state index contributed by atoms with van der Waals surface area (Å²) in [6.45, 7) is -1.24. The Morgan fingerprint density at radius 2 is 1.71 bits per heavy atom. The maximum absolute atomic E-state index is 13.6. The number of aromatic nitrogens is 1. The van der Waals surface area contributed by atoms with Gasteiger partial charge in [0.05, 0.1) is 23.3 Å². The van der Waals surface area contributed by atoms with Gasteiger partial charge in [-0.05, 0) is 49.4 Å². The summed E-state index contributed by atoms with van der Waals surface area (Å²) in [6, 6.07) is 8.71. The van der Waals surface area contributed by atoms with Crippen molar-refractivity contribution in [3.8, 4) is 0 Å². The summed E-state index contributed by atoms with van der Waals surface area (Å²) < 4.78 is 45.1. The number of hydrogen-bond donors (Lipinski definition) is 2. The average molecular weight is 471 g/mol. The molecule has 0 fully saturated rings. The number of pyridine rings is 1. The summed E-state index contributed by atoms with van der Waals surface area (Å²) in [5.74, 6) is -6.98. The van der Waals surface area contributed by atoms with Gasteiger partial charge in [0.1, 0.15) is 0 Å². The predicted octanol–water partition coefficient (Wildman–Crippen LogP) is 3.44. The predicted molar refractivity (Wildman–Crippen MR) is 117 cm³/mol. The van der Waals surface area contributed by atoms with Crippen molar-refractivity contribution in [2.75, 3.05) is 18.5 Å². The Bertz CT molecular complexity index is 1300. The number of halogens is 3. The molecule has 3 aromatic rings. The lowest BCUT2D eigenvalue weighted by Gasteiger charge is -2.19. The zero-order chi connectivity index (χ0) is 24.2. The van der Waals surface area contributed by atoms with E-state index in [9.17, 15) is 27.6 Å². The minimum atomic E-state index is -1.72. The van der Waals surface area contributed by atoms with Crippen LogP contribution < -0.4 is 10.6 Å². The fraction of sp³-hybridized carbons (Fsp3) is 0.250. The third-order valence-corrected chi connectivity index (χ3v) is 5.46. The van der Waals surface area contributed by atoms with E-state index in [0.29, 0.717) is 29.0 Å². The van der Waals surface area contributed by atoms with Crippen LogP contribution in [0.3, 0.4) is 0 Å². The number of ether oxygens (including phenoxy) is 1. The van der Waals surface area contributed by atoms with Crippen molar-refractivity contribution < 1.29 is 32.3 Å². The van der Waals surface area contributed by atoms with E-state index in [-0.39, 0.29) is 0 Å². The molecule has 4 rings (SSSR count). The number of benzene rings is 2. The Balaban J connectivity index is 1.37. The molecule has 1 heterocycles. The number of fused-ring (bicyclic) bond motifs is 2. The molecule has 1 aromatic heterocycles. The van der Waals surface area contributed by atoms with Gasteiger partial charge < -0.3 is 15.4 Å². The monoisotopic (exact) mass is 471 g/mol. The SMILES string of the molecule is O=C(COC(=O)c1c2c(nc3ccccc13)CCCC2)NCC(=O)Nc1ccc(F)c(F)c1F. The molecule has 0 saturated carbocycles. The molecule has 0 atom stereocenters. The lowest BCUT2D eigenvalue weighted by atomic mass is 9.90. The molecule has 0 spiro atoms. The first kappa shape index (κ1) is 23.2. The largest absolute Gasteiger partial charge is 0.452 e. The van der Waals surface area contributed by atoms with Crippen LogP contribution in [0.25, 0.3) is 10.9 Å². The van der Waals surface area contributed by atoms with E-state index in [1.807, 2.05) is 17.4 Å². The third kappa shape index (κ3) is 4.85. The summed E-state index contributed by atoms with van der Waals surface area (Å²) in [5.41, 5.74) is 2.16. The number of esters is 1. The minimum absolute atomic E-state index is 0.389. The third-order valence-electron chi connectivity index (χ3n) is 5.46. The highest BCUT2D eigenvalue weighted by Gasteiger charge is 2.24. The fourth-order valence-corrected chi connectivity index (χ4v) is 3.86. The normalized spacial score (nSPS) is 12.7. The minimum Gasteiger partial charge on any atom is -0.452 e. The molecule has 1 aliphatic rings. The van der Waals surface area contributed by atoms with Crippen molar-refractivity contribution in [3.63, 3.8) is 0 Å². The van der Waals surface area contributed by atoms with Gasteiger partial charge in [0.25, 0.3) is 5.91 Å². The van der Waals surface area contributed by atoms with Crippen LogP contribution in [0.5, 0.6) is 0 Å². The zero-order valence-electron chi connectivity index (χ0n) is 17.9. The second-order valence-electron chi connectivity index (χ2n) is 7.76. The number of nitrogens with one attached hydrogen (secondary N) is 2. The number of carbonyl (C=O) groups excluding carboxylic acids is 3. The van der Waals surface area contributed by atoms with Crippen LogP contribution in [0.2, 0.25) is 0 Å². The molecule has 0 unspecified atom stereocenters. The van der Waals surface area contributed by atoms with Crippen molar-refractivity contribution in [1.29, 1.82) is 0 Å². The topological polar surface area (TPSA) is 97.4 Å².